The number of hydrogen-bond acceptors (Lipinski definition) is 6. The summed E-state index contributed by atoms with van der Waals surface area (Å²) in [5.74, 6) is 1.14. The van der Waals surface area contributed by atoms with Crippen LogP contribution in [0, 0.1) is 19.7 Å². The lowest BCUT2D eigenvalue weighted by Crippen LogP contribution is -2.54. The highest BCUT2D eigenvalue weighted by molar-refractivity contribution is 5.96. The summed E-state index contributed by atoms with van der Waals surface area (Å²) >= 11 is 0. The van der Waals surface area contributed by atoms with Crippen LogP contribution >= 0.6 is 0 Å². The van der Waals surface area contributed by atoms with Crippen LogP contribution in [0.2, 0.25) is 0 Å². The van der Waals surface area contributed by atoms with Crippen molar-refractivity contribution in [2.45, 2.75) is 39.8 Å². The number of nitrogens with one attached hydrogen (secondary N) is 1. The van der Waals surface area contributed by atoms with Gasteiger partial charge in [-0.25, -0.2) is 14.4 Å². The molecule has 0 saturated carbocycles. The van der Waals surface area contributed by atoms with Gasteiger partial charge in [0, 0.05) is 79.1 Å². The number of carbonyl (C=O) groups excluding carboxylic acids is 1. The van der Waals surface area contributed by atoms with Gasteiger partial charge in [0.2, 0.25) is 5.91 Å². The summed E-state index contributed by atoms with van der Waals surface area (Å²) in [6.07, 6.45) is 2.80. The molecule has 3 N–H and O–H groups in total. The molecule has 2 aliphatic rings. The predicted molar refractivity (Wildman–Crippen MR) is 152 cm³/mol. The van der Waals surface area contributed by atoms with E-state index < -0.39 is 0 Å². The molecule has 0 spiro atoms. The number of H-pyrrole nitrogens is 1. The van der Waals surface area contributed by atoms with E-state index in [1.165, 1.54) is 6.07 Å². The van der Waals surface area contributed by atoms with E-state index in [0.29, 0.717) is 6.54 Å². The number of anilines is 2. The Bertz CT molecular complexity index is 1560. The standard InChI is InChI=1S/C30H34FN7O/c1-18-13-21(31)7-8-26(18)37-10-9-24-23(16-37)30(38-12-11-36(17-27(32)39)20(3)15-38)35-29(34-24)22-5-4-6-25-28(22)19(2)14-33-25/h4-8,13-14,20,33H,9-12,15-17H2,1-3H3,(H2,32,39). The Kier molecular flexibility index (Phi) is 6.46. The van der Waals surface area contributed by atoms with Gasteiger partial charge in [0.15, 0.2) is 5.82 Å². The molecule has 6 rings (SSSR count). The van der Waals surface area contributed by atoms with Crippen LogP contribution in [0.25, 0.3) is 22.3 Å². The summed E-state index contributed by atoms with van der Waals surface area (Å²) in [4.78, 5) is 32.1. The van der Waals surface area contributed by atoms with Gasteiger partial charge >= 0.3 is 0 Å². The van der Waals surface area contributed by atoms with E-state index in [1.54, 1.807) is 6.07 Å². The van der Waals surface area contributed by atoms with Crippen LogP contribution in [0.4, 0.5) is 15.9 Å². The molecule has 8 nitrogen and oxygen atoms in total. The third kappa shape index (κ3) is 4.71. The van der Waals surface area contributed by atoms with E-state index in [0.717, 1.165) is 88.8 Å². The zero-order chi connectivity index (χ0) is 27.3. The van der Waals surface area contributed by atoms with Gasteiger partial charge in [0.1, 0.15) is 11.6 Å². The largest absolute Gasteiger partial charge is 0.369 e. The van der Waals surface area contributed by atoms with Crippen molar-refractivity contribution in [2.24, 2.45) is 5.73 Å². The summed E-state index contributed by atoms with van der Waals surface area (Å²) in [5, 5.41) is 1.14. The highest BCUT2D eigenvalue weighted by Gasteiger charge is 2.31. The topological polar surface area (TPSA) is 94.4 Å². The number of fused-ring (bicyclic) bond motifs is 2. The zero-order valence-corrected chi connectivity index (χ0v) is 22.7. The molecule has 39 heavy (non-hydrogen) atoms. The number of nitrogens with zero attached hydrogens (tertiary/aromatic N) is 5. The molecule has 4 aromatic rings. The Morgan fingerprint density at radius 2 is 1.95 bits per heavy atom. The second kappa shape index (κ2) is 9.96. The van der Waals surface area contributed by atoms with Gasteiger partial charge in [-0.05, 0) is 56.2 Å². The number of primary amides is 1. The van der Waals surface area contributed by atoms with Crippen molar-refractivity contribution < 1.29 is 9.18 Å². The third-order valence-corrected chi connectivity index (χ3v) is 8.11. The van der Waals surface area contributed by atoms with Crippen LogP contribution in [0.15, 0.2) is 42.6 Å². The molecular weight excluding hydrogens is 493 g/mol. The van der Waals surface area contributed by atoms with Crippen LogP contribution in [-0.4, -0.2) is 64.5 Å². The fourth-order valence-corrected chi connectivity index (χ4v) is 6.12. The molecule has 2 aliphatic heterocycles. The summed E-state index contributed by atoms with van der Waals surface area (Å²) < 4.78 is 13.8. The number of aryl methyl sites for hydroxylation is 2. The average molecular weight is 528 g/mol. The highest BCUT2D eigenvalue weighted by Crippen LogP contribution is 2.36. The lowest BCUT2D eigenvalue weighted by molar-refractivity contribution is -0.119. The fraction of sp³-hybridized carbons (Fsp3) is 0.367. The first kappa shape index (κ1) is 25.3. The molecule has 2 aromatic carbocycles. The van der Waals surface area contributed by atoms with E-state index >= 15 is 0 Å². The maximum atomic E-state index is 13.8. The number of aromatic amines is 1. The summed E-state index contributed by atoms with van der Waals surface area (Å²) in [5.41, 5.74) is 12.9. The number of rotatable bonds is 5. The van der Waals surface area contributed by atoms with Crippen molar-refractivity contribution in [3.05, 3.63) is 70.8 Å². The lowest BCUT2D eigenvalue weighted by Gasteiger charge is -2.41. The molecule has 1 fully saturated rings. The minimum absolute atomic E-state index is 0.148. The van der Waals surface area contributed by atoms with E-state index in [9.17, 15) is 9.18 Å². The quantitative estimate of drug-likeness (QED) is 0.408. The molecule has 2 aromatic heterocycles. The minimum atomic E-state index is -0.308. The first-order chi connectivity index (χ1) is 18.8. The molecule has 0 radical (unpaired) electrons. The summed E-state index contributed by atoms with van der Waals surface area (Å²) in [6, 6.07) is 11.3. The second-order valence-electron chi connectivity index (χ2n) is 10.8. The first-order valence-electron chi connectivity index (χ1n) is 13.5. The van der Waals surface area contributed by atoms with Crippen LogP contribution in [0.3, 0.4) is 0 Å². The van der Waals surface area contributed by atoms with Crippen molar-refractivity contribution >= 4 is 28.3 Å². The number of hydrogen-bond donors (Lipinski definition) is 2. The smallest absolute Gasteiger partial charge is 0.231 e. The van der Waals surface area contributed by atoms with Crippen LogP contribution < -0.4 is 15.5 Å². The number of piperazine rings is 1. The number of amides is 1. The van der Waals surface area contributed by atoms with Crippen LogP contribution in [0.1, 0.15) is 29.3 Å². The Morgan fingerprint density at radius 1 is 1.10 bits per heavy atom. The van der Waals surface area contributed by atoms with Gasteiger partial charge in [-0.3, -0.25) is 9.69 Å². The average Bonchev–Trinajstić information content (AvgIpc) is 3.29. The van der Waals surface area contributed by atoms with Crippen molar-refractivity contribution in [3.63, 3.8) is 0 Å². The monoisotopic (exact) mass is 527 g/mol. The molecule has 1 amide bonds. The molecule has 202 valence electrons. The van der Waals surface area contributed by atoms with Gasteiger partial charge in [-0.1, -0.05) is 12.1 Å². The van der Waals surface area contributed by atoms with Crippen LogP contribution in [0.5, 0.6) is 0 Å². The molecule has 4 heterocycles. The van der Waals surface area contributed by atoms with Crippen molar-refractivity contribution in [3.8, 4) is 11.4 Å². The van der Waals surface area contributed by atoms with E-state index in [4.69, 9.17) is 15.7 Å². The highest BCUT2D eigenvalue weighted by atomic mass is 19.1. The van der Waals surface area contributed by atoms with Gasteiger partial charge in [-0.2, -0.15) is 0 Å². The number of benzene rings is 2. The normalized spacial score (nSPS) is 18.0. The van der Waals surface area contributed by atoms with Gasteiger partial charge in [-0.15, -0.1) is 0 Å². The SMILES string of the molecule is Cc1cc(F)ccc1N1CCc2nc(-c3cccc4[nH]cc(C)c34)nc(N3CCN(CC(N)=O)C(C)C3)c2C1. The van der Waals surface area contributed by atoms with Crippen molar-refractivity contribution in [1.29, 1.82) is 0 Å². The summed E-state index contributed by atoms with van der Waals surface area (Å²) in [7, 11) is 0. The molecule has 9 heteroatoms. The minimum Gasteiger partial charge on any atom is -0.369 e. The zero-order valence-electron chi connectivity index (χ0n) is 22.7. The van der Waals surface area contributed by atoms with E-state index in [1.807, 2.05) is 25.3 Å². The molecule has 0 bridgehead atoms. The Labute approximate surface area is 227 Å². The number of aromatic nitrogens is 3. The van der Waals surface area contributed by atoms with E-state index in [-0.39, 0.29) is 24.3 Å². The fourth-order valence-electron chi connectivity index (χ4n) is 6.12. The summed E-state index contributed by atoms with van der Waals surface area (Å²) in [6.45, 7) is 10.1. The molecule has 1 unspecified atom stereocenters. The van der Waals surface area contributed by atoms with Gasteiger partial charge < -0.3 is 20.5 Å². The van der Waals surface area contributed by atoms with E-state index in [2.05, 4.69) is 45.7 Å². The number of halogens is 1. The predicted octanol–water partition coefficient (Wildman–Crippen LogP) is 3.94. The Morgan fingerprint density at radius 3 is 2.72 bits per heavy atom. The number of nitrogens with two attached hydrogens (primary N) is 1. The molecule has 1 atom stereocenters. The Balaban J connectivity index is 1.43. The van der Waals surface area contributed by atoms with Crippen molar-refractivity contribution in [1.82, 2.24) is 19.9 Å². The maximum Gasteiger partial charge on any atom is 0.231 e. The number of carbonyl (C=O) groups is 1. The first-order valence-corrected chi connectivity index (χ1v) is 13.5. The third-order valence-electron chi connectivity index (χ3n) is 8.11. The van der Waals surface area contributed by atoms with Crippen molar-refractivity contribution in [2.75, 3.05) is 42.5 Å². The maximum absolute atomic E-state index is 13.8. The second-order valence-corrected chi connectivity index (χ2v) is 10.8. The molecule has 1 saturated heterocycles. The molecular formula is C30H34FN7O. The lowest BCUT2D eigenvalue weighted by atomic mass is 10.0. The van der Waals surface area contributed by atoms with Crippen LogP contribution in [-0.2, 0) is 17.8 Å². The van der Waals surface area contributed by atoms with Gasteiger partial charge in [0.05, 0.1) is 12.2 Å². The Hall–Kier alpha value is -3.98. The van der Waals surface area contributed by atoms with Gasteiger partial charge in [0.25, 0.3) is 0 Å². The molecule has 0 aliphatic carbocycles.